The fraction of sp³-hybridized carbons (Fsp3) is 0.500. The summed E-state index contributed by atoms with van der Waals surface area (Å²) in [5, 5.41) is 0. The number of likely N-dealkylation sites (tertiary alicyclic amines) is 2. The van der Waals surface area contributed by atoms with Crippen LogP contribution in [-0.4, -0.2) is 48.7 Å². The van der Waals surface area contributed by atoms with Crippen LogP contribution in [0.15, 0.2) is 60.7 Å². The number of hydrogen-bond acceptors (Lipinski definition) is 3. The molecule has 0 N–H and O–H groups in total. The van der Waals surface area contributed by atoms with Crippen LogP contribution in [0.3, 0.4) is 0 Å². The van der Waals surface area contributed by atoms with Crippen LogP contribution < -0.4 is 0 Å². The van der Waals surface area contributed by atoms with E-state index < -0.39 is 0 Å². The lowest BCUT2D eigenvalue weighted by molar-refractivity contribution is 0.0815. The summed E-state index contributed by atoms with van der Waals surface area (Å²) in [7, 11) is 0. The van der Waals surface area contributed by atoms with Crippen molar-refractivity contribution in [2.24, 2.45) is 5.92 Å². The number of carbonyl (C=O) groups is 1. The summed E-state index contributed by atoms with van der Waals surface area (Å²) >= 11 is 0. The van der Waals surface area contributed by atoms with Gasteiger partial charge in [-0.25, -0.2) is 4.79 Å². The van der Waals surface area contributed by atoms with Crippen LogP contribution in [0, 0.1) is 5.92 Å². The molecule has 2 aliphatic rings. The van der Waals surface area contributed by atoms with E-state index in [4.69, 9.17) is 4.74 Å². The maximum absolute atomic E-state index is 12.4. The molecule has 160 valence electrons. The maximum Gasteiger partial charge on any atom is 0.409 e. The third-order valence-corrected chi connectivity index (χ3v) is 6.73. The molecule has 2 fully saturated rings. The van der Waals surface area contributed by atoms with Gasteiger partial charge in [0.1, 0.15) is 0 Å². The van der Waals surface area contributed by atoms with Crippen molar-refractivity contribution in [2.75, 3.05) is 32.8 Å². The quantitative estimate of drug-likeness (QED) is 0.652. The molecule has 0 aliphatic carbocycles. The minimum Gasteiger partial charge on any atom is -0.449 e. The topological polar surface area (TPSA) is 32.8 Å². The van der Waals surface area contributed by atoms with Crippen LogP contribution in [-0.2, 0) is 11.3 Å². The molecule has 2 aromatic rings. The second-order valence-corrected chi connectivity index (χ2v) is 8.78. The molecule has 0 aromatic heterocycles. The summed E-state index contributed by atoms with van der Waals surface area (Å²) in [6, 6.07) is 21.4. The second-order valence-electron chi connectivity index (χ2n) is 8.78. The first-order valence-corrected chi connectivity index (χ1v) is 11.5. The Morgan fingerprint density at radius 3 is 2.13 bits per heavy atom. The summed E-state index contributed by atoms with van der Waals surface area (Å²) < 4.78 is 5.62. The van der Waals surface area contributed by atoms with E-state index in [9.17, 15) is 4.79 Å². The molecule has 0 atom stereocenters. The number of amides is 1. The molecule has 0 radical (unpaired) electrons. The van der Waals surface area contributed by atoms with Crippen LogP contribution in [0.1, 0.15) is 49.1 Å². The lowest BCUT2D eigenvalue weighted by atomic mass is 9.90. The van der Waals surface area contributed by atoms with Gasteiger partial charge >= 0.3 is 6.09 Å². The first-order valence-electron chi connectivity index (χ1n) is 11.5. The van der Waals surface area contributed by atoms with Crippen LogP contribution in [0.2, 0.25) is 0 Å². The van der Waals surface area contributed by atoms with Crippen molar-refractivity contribution in [1.29, 1.82) is 0 Å². The zero-order chi connectivity index (χ0) is 20.6. The Labute approximate surface area is 180 Å². The Kier molecular flexibility index (Phi) is 7.41. The van der Waals surface area contributed by atoms with Crippen molar-refractivity contribution in [3.63, 3.8) is 0 Å². The zero-order valence-electron chi connectivity index (χ0n) is 17.9. The molecule has 0 spiro atoms. The Balaban J connectivity index is 1.11. The number of rotatable bonds is 6. The Bertz CT molecular complexity index is 764. The standard InChI is InChI=1S/C26H34N2O2/c29-26(28-18-13-25(14-19-28)24-9-5-2-6-10-24)30-20-15-22-11-16-27(17-12-22)21-23-7-3-1-4-8-23/h1-10,22,25H,11-21H2. The minimum absolute atomic E-state index is 0.122. The van der Waals surface area contributed by atoms with Gasteiger partial charge in [0.25, 0.3) is 0 Å². The van der Waals surface area contributed by atoms with Crippen LogP contribution in [0.25, 0.3) is 0 Å². The highest BCUT2D eigenvalue weighted by Crippen LogP contribution is 2.28. The number of carbonyl (C=O) groups excluding carboxylic acids is 1. The lowest BCUT2D eigenvalue weighted by Gasteiger charge is -2.33. The predicted octanol–water partition coefficient (Wildman–Crippen LogP) is 5.30. The van der Waals surface area contributed by atoms with Crippen molar-refractivity contribution in [2.45, 2.75) is 44.6 Å². The van der Waals surface area contributed by atoms with Gasteiger partial charge < -0.3 is 9.64 Å². The van der Waals surface area contributed by atoms with Gasteiger partial charge in [-0.3, -0.25) is 4.90 Å². The molecule has 4 heteroatoms. The molecule has 2 heterocycles. The molecule has 2 saturated heterocycles. The largest absolute Gasteiger partial charge is 0.449 e. The molecule has 0 bridgehead atoms. The van der Waals surface area contributed by atoms with Crippen LogP contribution in [0.4, 0.5) is 4.79 Å². The monoisotopic (exact) mass is 406 g/mol. The summed E-state index contributed by atoms with van der Waals surface area (Å²) in [5.74, 6) is 1.24. The molecule has 2 aliphatic heterocycles. The molecule has 4 rings (SSSR count). The van der Waals surface area contributed by atoms with E-state index in [0.29, 0.717) is 18.4 Å². The number of ether oxygens (including phenoxy) is 1. The highest BCUT2D eigenvalue weighted by molar-refractivity contribution is 5.67. The van der Waals surface area contributed by atoms with Gasteiger partial charge in [0.2, 0.25) is 0 Å². The number of hydrogen-bond donors (Lipinski definition) is 0. The Hall–Kier alpha value is -2.33. The third kappa shape index (κ3) is 5.85. The van der Waals surface area contributed by atoms with Gasteiger partial charge in [-0.1, -0.05) is 60.7 Å². The molecule has 4 nitrogen and oxygen atoms in total. The number of benzene rings is 2. The summed E-state index contributed by atoms with van der Waals surface area (Å²) in [4.78, 5) is 16.9. The summed E-state index contributed by atoms with van der Waals surface area (Å²) in [5.41, 5.74) is 2.78. The van der Waals surface area contributed by atoms with E-state index in [1.165, 1.54) is 24.0 Å². The first-order chi connectivity index (χ1) is 14.8. The van der Waals surface area contributed by atoms with E-state index in [1.807, 2.05) is 4.90 Å². The normalized spacial score (nSPS) is 19.0. The van der Waals surface area contributed by atoms with Crippen molar-refractivity contribution >= 4 is 6.09 Å². The highest BCUT2D eigenvalue weighted by Gasteiger charge is 2.25. The van der Waals surface area contributed by atoms with Gasteiger partial charge in [-0.05, 0) is 68.2 Å². The lowest BCUT2D eigenvalue weighted by Crippen LogP contribution is -2.38. The molecule has 30 heavy (non-hydrogen) atoms. The van der Waals surface area contributed by atoms with Gasteiger partial charge in [-0.15, -0.1) is 0 Å². The van der Waals surface area contributed by atoms with E-state index in [2.05, 4.69) is 65.6 Å². The van der Waals surface area contributed by atoms with E-state index in [-0.39, 0.29) is 6.09 Å². The molecular weight excluding hydrogens is 372 g/mol. The van der Waals surface area contributed by atoms with Gasteiger partial charge in [-0.2, -0.15) is 0 Å². The third-order valence-electron chi connectivity index (χ3n) is 6.73. The summed E-state index contributed by atoms with van der Waals surface area (Å²) in [6.45, 7) is 5.48. The van der Waals surface area contributed by atoms with Crippen LogP contribution in [0.5, 0.6) is 0 Å². The second kappa shape index (κ2) is 10.6. The Morgan fingerprint density at radius 2 is 1.47 bits per heavy atom. The van der Waals surface area contributed by atoms with E-state index in [0.717, 1.165) is 52.0 Å². The SMILES string of the molecule is O=C(OCCC1CCN(Cc2ccccc2)CC1)N1CCC(c2ccccc2)CC1. The molecule has 1 amide bonds. The fourth-order valence-corrected chi connectivity index (χ4v) is 4.80. The zero-order valence-corrected chi connectivity index (χ0v) is 17.9. The average Bonchev–Trinajstić information content (AvgIpc) is 2.81. The number of nitrogens with zero attached hydrogens (tertiary/aromatic N) is 2. The predicted molar refractivity (Wildman–Crippen MR) is 120 cm³/mol. The minimum atomic E-state index is -0.122. The molecule has 2 aromatic carbocycles. The van der Waals surface area contributed by atoms with E-state index >= 15 is 0 Å². The maximum atomic E-state index is 12.4. The van der Waals surface area contributed by atoms with E-state index in [1.54, 1.807) is 0 Å². The molecule has 0 saturated carbocycles. The van der Waals surface area contributed by atoms with Crippen molar-refractivity contribution in [3.05, 3.63) is 71.8 Å². The van der Waals surface area contributed by atoms with Crippen molar-refractivity contribution < 1.29 is 9.53 Å². The van der Waals surface area contributed by atoms with Gasteiger partial charge in [0, 0.05) is 19.6 Å². The first kappa shape index (κ1) is 20.9. The summed E-state index contributed by atoms with van der Waals surface area (Å²) in [6.07, 6.45) is 5.33. The number of piperidine rings is 2. The van der Waals surface area contributed by atoms with Gasteiger partial charge in [0.15, 0.2) is 0 Å². The van der Waals surface area contributed by atoms with Crippen molar-refractivity contribution in [1.82, 2.24) is 9.80 Å². The smallest absolute Gasteiger partial charge is 0.409 e. The Morgan fingerprint density at radius 1 is 0.833 bits per heavy atom. The fourth-order valence-electron chi connectivity index (χ4n) is 4.80. The van der Waals surface area contributed by atoms with Gasteiger partial charge in [0.05, 0.1) is 6.61 Å². The molecule has 0 unspecified atom stereocenters. The average molecular weight is 407 g/mol. The highest BCUT2D eigenvalue weighted by atomic mass is 16.6. The molecular formula is C26H34N2O2. The van der Waals surface area contributed by atoms with Crippen molar-refractivity contribution in [3.8, 4) is 0 Å². The van der Waals surface area contributed by atoms with Crippen LogP contribution >= 0.6 is 0 Å².